The smallest absolute Gasteiger partial charge is 0.341 e. The predicted octanol–water partition coefficient (Wildman–Crippen LogP) is 5.22. The number of ether oxygens (including phenoxy) is 3. The Labute approximate surface area is 207 Å². The van der Waals surface area contributed by atoms with Gasteiger partial charge in [-0.3, -0.25) is 0 Å². The van der Waals surface area contributed by atoms with E-state index in [1.807, 2.05) is 12.1 Å². The van der Waals surface area contributed by atoms with Crippen LogP contribution in [0.5, 0.6) is 11.5 Å². The minimum atomic E-state index is -0.569. The van der Waals surface area contributed by atoms with E-state index in [-0.39, 0.29) is 23.5 Å². The fourth-order valence-electron chi connectivity index (χ4n) is 4.43. The Morgan fingerprint density at radius 2 is 1.60 bits per heavy atom. The summed E-state index contributed by atoms with van der Waals surface area (Å²) >= 11 is 0. The molecule has 4 rings (SSSR count). The number of methoxy groups -OCH3 is 1. The maximum Gasteiger partial charge on any atom is 0.341 e. The third-order valence-corrected chi connectivity index (χ3v) is 6.33. The van der Waals surface area contributed by atoms with Gasteiger partial charge in [-0.2, -0.15) is 0 Å². The molecule has 0 amide bonds. The second kappa shape index (κ2) is 12.4. The molecule has 3 aromatic rings. The van der Waals surface area contributed by atoms with Crippen molar-refractivity contribution in [3.05, 3.63) is 95.6 Å². The average Bonchev–Trinajstić information content (AvgIpc) is 2.91. The van der Waals surface area contributed by atoms with Gasteiger partial charge in [0.1, 0.15) is 23.2 Å². The normalized spacial score (nSPS) is 14.7. The van der Waals surface area contributed by atoms with E-state index in [0.29, 0.717) is 12.4 Å². The molecule has 35 heavy (non-hydrogen) atoms. The van der Waals surface area contributed by atoms with Crippen LogP contribution < -0.4 is 4.74 Å². The quantitative estimate of drug-likeness (QED) is 0.320. The highest BCUT2D eigenvalue weighted by atomic mass is 16.5. The average molecular weight is 476 g/mol. The van der Waals surface area contributed by atoms with Crippen LogP contribution in [-0.4, -0.2) is 55.4 Å². The molecule has 1 saturated heterocycles. The van der Waals surface area contributed by atoms with Gasteiger partial charge in [0.25, 0.3) is 0 Å². The molecular formula is C29H33NO5. The van der Waals surface area contributed by atoms with E-state index in [1.165, 1.54) is 30.4 Å². The standard InChI is InChI=1S/C29H33NO5/c1-33-29(32)26-14-13-25(21-27(26)31)34-20-8-17-30-18-15-24(16-19-30)35-28(22-9-4-2-5-10-22)23-11-6-3-7-12-23/h2-7,9-14,21,24,28,31H,8,15-20H2,1H3. The Balaban J connectivity index is 1.22. The van der Waals surface area contributed by atoms with E-state index in [2.05, 4.69) is 58.2 Å². The maximum absolute atomic E-state index is 11.6. The first kappa shape index (κ1) is 24.8. The Morgan fingerprint density at radius 3 is 2.17 bits per heavy atom. The number of nitrogens with zero attached hydrogens (tertiary/aromatic N) is 1. The van der Waals surface area contributed by atoms with E-state index < -0.39 is 5.97 Å². The molecule has 0 aromatic heterocycles. The highest BCUT2D eigenvalue weighted by Gasteiger charge is 2.24. The number of phenolic OH excluding ortho intramolecular Hbond substituents is 1. The lowest BCUT2D eigenvalue weighted by Gasteiger charge is -2.34. The number of aromatic hydroxyl groups is 1. The predicted molar refractivity (Wildman–Crippen MR) is 135 cm³/mol. The summed E-state index contributed by atoms with van der Waals surface area (Å²) < 4.78 is 17.0. The van der Waals surface area contributed by atoms with Crippen molar-refractivity contribution in [2.45, 2.75) is 31.5 Å². The van der Waals surface area contributed by atoms with Crippen LogP contribution in [0.15, 0.2) is 78.9 Å². The van der Waals surface area contributed by atoms with Crippen molar-refractivity contribution in [2.24, 2.45) is 0 Å². The van der Waals surface area contributed by atoms with Gasteiger partial charge in [0.15, 0.2) is 0 Å². The summed E-state index contributed by atoms with van der Waals surface area (Å²) in [6, 6.07) is 25.5. The van der Waals surface area contributed by atoms with Crippen LogP contribution in [0, 0.1) is 0 Å². The number of hydrogen-bond donors (Lipinski definition) is 1. The summed E-state index contributed by atoms with van der Waals surface area (Å²) in [6.07, 6.45) is 3.05. The van der Waals surface area contributed by atoms with E-state index in [1.54, 1.807) is 6.07 Å². The Bertz CT molecular complexity index is 1030. The highest BCUT2D eigenvalue weighted by Crippen LogP contribution is 2.30. The zero-order chi connectivity index (χ0) is 24.5. The molecule has 0 atom stereocenters. The molecule has 0 saturated carbocycles. The van der Waals surface area contributed by atoms with Crippen molar-refractivity contribution in [2.75, 3.05) is 33.4 Å². The number of benzene rings is 3. The molecule has 1 fully saturated rings. The van der Waals surface area contributed by atoms with Crippen LogP contribution in [0.3, 0.4) is 0 Å². The third-order valence-electron chi connectivity index (χ3n) is 6.33. The molecule has 6 nitrogen and oxygen atoms in total. The molecule has 6 heteroatoms. The summed E-state index contributed by atoms with van der Waals surface area (Å²) in [6.45, 7) is 3.47. The van der Waals surface area contributed by atoms with Gasteiger partial charge in [-0.15, -0.1) is 0 Å². The van der Waals surface area contributed by atoms with Crippen LogP contribution in [-0.2, 0) is 9.47 Å². The fourth-order valence-corrected chi connectivity index (χ4v) is 4.43. The zero-order valence-electron chi connectivity index (χ0n) is 20.1. The van der Waals surface area contributed by atoms with Gasteiger partial charge in [0, 0.05) is 25.7 Å². The first-order valence-electron chi connectivity index (χ1n) is 12.2. The van der Waals surface area contributed by atoms with Crippen LogP contribution in [0.4, 0.5) is 0 Å². The molecule has 184 valence electrons. The van der Waals surface area contributed by atoms with Crippen LogP contribution >= 0.6 is 0 Å². The molecule has 0 radical (unpaired) electrons. The Hall–Kier alpha value is -3.35. The van der Waals surface area contributed by atoms with Crippen LogP contribution in [0.2, 0.25) is 0 Å². The molecule has 3 aromatic carbocycles. The SMILES string of the molecule is COC(=O)c1ccc(OCCCN2CCC(OC(c3ccccc3)c3ccccc3)CC2)cc1O. The van der Waals surface area contributed by atoms with Crippen molar-refractivity contribution in [3.8, 4) is 11.5 Å². The van der Waals surface area contributed by atoms with Crippen molar-refractivity contribution in [1.29, 1.82) is 0 Å². The van der Waals surface area contributed by atoms with E-state index in [4.69, 9.17) is 9.47 Å². The minimum Gasteiger partial charge on any atom is -0.507 e. The van der Waals surface area contributed by atoms with Gasteiger partial charge in [0.2, 0.25) is 0 Å². The molecule has 0 unspecified atom stereocenters. The second-order valence-corrected chi connectivity index (χ2v) is 8.75. The summed E-state index contributed by atoms with van der Waals surface area (Å²) in [4.78, 5) is 14.0. The molecule has 1 N–H and O–H groups in total. The number of carbonyl (C=O) groups excluding carboxylic acids is 1. The summed E-state index contributed by atoms with van der Waals surface area (Å²) in [5, 5.41) is 9.99. The monoisotopic (exact) mass is 475 g/mol. The molecule has 0 spiro atoms. The summed E-state index contributed by atoms with van der Waals surface area (Å²) in [7, 11) is 1.28. The summed E-state index contributed by atoms with van der Waals surface area (Å²) in [5.74, 6) is -0.170. The maximum atomic E-state index is 11.6. The molecule has 1 aliphatic rings. The van der Waals surface area contributed by atoms with Gasteiger partial charge in [0.05, 0.1) is 19.8 Å². The van der Waals surface area contributed by atoms with E-state index in [9.17, 15) is 9.90 Å². The van der Waals surface area contributed by atoms with Crippen LogP contribution in [0.1, 0.15) is 46.9 Å². The minimum absolute atomic E-state index is 0.0515. The third kappa shape index (κ3) is 6.84. The summed E-state index contributed by atoms with van der Waals surface area (Å²) in [5.41, 5.74) is 2.50. The highest BCUT2D eigenvalue weighted by molar-refractivity contribution is 5.92. The molecular weight excluding hydrogens is 442 g/mol. The van der Waals surface area contributed by atoms with Gasteiger partial charge in [-0.05, 0) is 42.5 Å². The number of phenols is 1. The second-order valence-electron chi connectivity index (χ2n) is 8.75. The number of carbonyl (C=O) groups is 1. The lowest BCUT2D eigenvalue weighted by Crippen LogP contribution is -2.38. The van der Waals surface area contributed by atoms with Gasteiger partial charge in [-0.25, -0.2) is 4.79 Å². The lowest BCUT2D eigenvalue weighted by atomic mass is 10.00. The van der Waals surface area contributed by atoms with Gasteiger partial charge >= 0.3 is 5.97 Å². The molecule has 0 bridgehead atoms. The van der Waals surface area contributed by atoms with Gasteiger partial charge < -0.3 is 24.2 Å². The lowest BCUT2D eigenvalue weighted by molar-refractivity contribution is -0.0273. The van der Waals surface area contributed by atoms with E-state index >= 15 is 0 Å². The topological polar surface area (TPSA) is 68.2 Å². The number of esters is 1. The first-order chi connectivity index (χ1) is 17.1. The van der Waals surface area contributed by atoms with E-state index in [0.717, 1.165) is 38.9 Å². The zero-order valence-corrected chi connectivity index (χ0v) is 20.1. The molecule has 1 heterocycles. The Morgan fingerprint density at radius 1 is 0.971 bits per heavy atom. The van der Waals surface area contributed by atoms with Crippen molar-refractivity contribution in [3.63, 3.8) is 0 Å². The number of hydrogen-bond acceptors (Lipinski definition) is 6. The number of piperidine rings is 1. The number of likely N-dealkylation sites (tertiary alicyclic amines) is 1. The van der Waals surface area contributed by atoms with Crippen LogP contribution in [0.25, 0.3) is 0 Å². The van der Waals surface area contributed by atoms with Crippen molar-refractivity contribution >= 4 is 5.97 Å². The van der Waals surface area contributed by atoms with Gasteiger partial charge in [-0.1, -0.05) is 60.7 Å². The first-order valence-corrected chi connectivity index (χ1v) is 12.2. The molecule has 1 aliphatic heterocycles. The Kier molecular flexibility index (Phi) is 8.76. The van der Waals surface area contributed by atoms with Crippen molar-refractivity contribution in [1.82, 2.24) is 4.90 Å². The number of rotatable bonds is 10. The fraction of sp³-hybridized carbons (Fsp3) is 0.345. The largest absolute Gasteiger partial charge is 0.507 e. The molecule has 0 aliphatic carbocycles. The van der Waals surface area contributed by atoms with Crippen molar-refractivity contribution < 1.29 is 24.1 Å².